The van der Waals surface area contributed by atoms with Crippen molar-refractivity contribution in [2.45, 2.75) is 18.8 Å². The Morgan fingerprint density at radius 3 is 2.48 bits per heavy atom. The lowest BCUT2D eigenvalue weighted by molar-refractivity contribution is 0.0709. The van der Waals surface area contributed by atoms with Gasteiger partial charge in [0.05, 0.1) is 12.7 Å². The molecule has 1 fully saturated rings. The summed E-state index contributed by atoms with van der Waals surface area (Å²) in [7, 11) is 1.49. The molecule has 1 aliphatic heterocycles. The van der Waals surface area contributed by atoms with Crippen LogP contribution in [0.5, 0.6) is 5.75 Å². The van der Waals surface area contributed by atoms with Crippen molar-refractivity contribution in [2.75, 3.05) is 20.2 Å². The van der Waals surface area contributed by atoms with Gasteiger partial charge >= 0.3 is 0 Å². The molecule has 0 atom stereocenters. The van der Waals surface area contributed by atoms with Crippen LogP contribution in [-0.4, -0.2) is 31.0 Å². The van der Waals surface area contributed by atoms with E-state index in [1.54, 1.807) is 4.90 Å². The summed E-state index contributed by atoms with van der Waals surface area (Å²) in [6.07, 6.45) is 1.85. The minimum Gasteiger partial charge on any atom is -0.496 e. The normalized spacial score (nSPS) is 15.5. The third-order valence-corrected chi connectivity index (χ3v) is 4.45. The predicted molar refractivity (Wildman–Crippen MR) is 87.3 cm³/mol. The van der Waals surface area contributed by atoms with Crippen molar-refractivity contribution in [3.8, 4) is 5.75 Å². The first kappa shape index (κ1) is 15.5. The Labute approximate surface area is 135 Å². The number of hydrogen-bond acceptors (Lipinski definition) is 2. The predicted octanol–water partition coefficient (Wildman–Crippen LogP) is 3.85. The van der Waals surface area contributed by atoms with Gasteiger partial charge in [-0.2, -0.15) is 0 Å². The maximum atomic E-state index is 13.5. The van der Waals surface area contributed by atoms with Crippen LogP contribution in [0, 0.1) is 5.82 Å². The number of carbonyl (C=O) groups excluding carboxylic acids is 1. The van der Waals surface area contributed by atoms with E-state index >= 15 is 0 Å². The van der Waals surface area contributed by atoms with Gasteiger partial charge in [0.1, 0.15) is 11.6 Å². The molecular weight excluding hydrogens is 293 g/mol. The molecule has 3 nitrogen and oxygen atoms in total. The average molecular weight is 313 g/mol. The Hall–Kier alpha value is -2.36. The van der Waals surface area contributed by atoms with Gasteiger partial charge in [-0.25, -0.2) is 4.39 Å². The van der Waals surface area contributed by atoms with Gasteiger partial charge in [-0.3, -0.25) is 4.79 Å². The van der Waals surface area contributed by atoms with Crippen molar-refractivity contribution >= 4 is 5.91 Å². The quantitative estimate of drug-likeness (QED) is 0.861. The second kappa shape index (κ2) is 6.82. The van der Waals surface area contributed by atoms with Crippen LogP contribution in [0.3, 0.4) is 0 Å². The van der Waals surface area contributed by atoms with E-state index in [-0.39, 0.29) is 5.91 Å². The van der Waals surface area contributed by atoms with E-state index in [9.17, 15) is 9.18 Å². The maximum absolute atomic E-state index is 13.5. The van der Waals surface area contributed by atoms with Crippen molar-refractivity contribution in [3.05, 3.63) is 65.5 Å². The van der Waals surface area contributed by atoms with E-state index in [4.69, 9.17) is 4.74 Å². The zero-order chi connectivity index (χ0) is 16.2. The summed E-state index contributed by atoms with van der Waals surface area (Å²) in [5, 5.41) is 0. The van der Waals surface area contributed by atoms with Crippen molar-refractivity contribution in [2.24, 2.45) is 0 Å². The zero-order valence-corrected chi connectivity index (χ0v) is 13.2. The van der Waals surface area contributed by atoms with E-state index in [0.717, 1.165) is 12.8 Å². The number of carbonyl (C=O) groups is 1. The Kier molecular flexibility index (Phi) is 4.60. The second-order valence-electron chi connectivity index (χ2n) is 5.82. The molecule has 0 N–H and O–H groups in total. The van der Waals surface area contributed by atoms with E-state index < -0.39 is 5.82 Å². The standard InChI is InChI=1S/C19H20FNO2/c1-23-18-8-7-16(20)13-17(18)19(22)21-11-9-15(10-12-21)14-5-3-2-4-6-14/h2-8,13,15H,9-12H2,1H3. The van der Waals surface area contributed by atoms with Gasteiger partial charge in [-0.15, -0.1) is 0 Å². The van der Waals surface area contributed by atoms with Crippen molar-refractivity contribution in [3.63, 3.8) is 0 Å². The fraction of sp³-hybridized carbons (Fsp3) is 0.316. The molecule has 2 aromatic carbocycles. The highest BCUT2D eigenvalue weighted by Crippen LogP contribution is 2.29. The smallest absolute Gasteiger partial charge is 0.257 e. The fourth-order valence-corrected chi connectivity index (χ4v) is 3.16. The highest BCUT2D eigenvalue weighted by Gasteiger charge is 2.26. The molecule has 1 amide bonds. The van der Waals surface area contributed by atoms with E-state index in [0.29, 0.717) is 30.3 Å². The summed E-state index contributed by atoms with van der Waals surface area (Å²) in [5.41, 5.74) is 1.62. The topological polar surface area (TPSA) is 29.5 Å². The molecule has 4 heteroatoms. The molecule has 0 aromatic heterocycles. The SMILES string of the molecule is COc1ccc(F)cc1C(=O)N1CCC(c2ccccc2)CC1. The summed E-state index contributed by atoms with van der Waals surface area (Å²) < 4.78 is 18.7. The molecule has 0 bridgehead atoms. The molecule has 2 aromatic rings. The van der Waals surface area contributed by atoms with Gasteiger partial charge in [0, 0.05) is 13.1 Å². The number of rotatable bonds is 3. The van der Waals surface area contributed by atoms with Crippen LogP contribution < -0.4 is 4.74 Å². The number of benzene rings is 2. The molecule has 1 heterocycles. The van der Waals surface area contributed by atoms with Gasteiger partial charge < -0.3 is 9.64 Å². The number of halogens is 1. The molecule has 1 aliphatic rings. The molecule has 120 valence electrons. The van der Waals surface area contributed by atoms with Crippen LogP contribution in [0.2, 0.25) is 0 Å². The van der Waals surface area contributed by atoms with E-state index in [2.05, 4.69) is 12.1 Å². The minimum absolute atomic E-state index is 0.159. The Bertz CT molecular complexity index is 679. The lowest BCUT2D eigenvalue weighted by Crippen LogP contribution is -2.38. The van der Waals surface area contributed by atoms with Gasteiger partial charge in [0.25, 0.3) is 5.91 Å². The first-order chi connectivity index (χ1) is 11.2. The van der Waals surface area contributed by atoms with Gasteiger partial charge in [0.2, 0.25) is 0 Å². The van der Waals surface area contributed by atoms with E-state index in [1.807, 2.05) is 18.2 Å². The molecular formula is C19H20FNO2. The summed E-state index contributed by atoms with van der Waals surface area (Å²) in [5.74, 6) is 0.317. The molecule has 0 spiro atoms. The Morgan fingerprint density at radius 2 is 1.83 bits per heavy atom. The minimum atomic E-state index is -0.423. The summed E-state index contributed by atoms with van der Waals surface area (Å²) in [6.45, 7) is 1.36. The summed E-state index contributed by atoms with van der Waals surface area (Å²) in [4.78, 5) is 14.4. The summed E-state index contributed by atoms with van der Waals surface area (Å²) >= 11 is 0. The number of likely N-dealkylation sites (tertiary alicyclic amines) is 1. The number of nitrogens with zero attached hydrogens (tertiary/aromatic N) is 1. The first-order valence-corrected chi connectivity index (χ1v) is 7.87. The monoisotopic (exact) mass is 313 g/mol. The van der Waals surface area contributed by atoms with E-state index in [1.165, 1.54) is 30.9 Å². The van der Waals surface area contributed by atoms with Crippen LogP contribution in [0.4, 0.5) is 4.39 Å². The third-order valence-electron chi connectivity index (χ3n) is 4.45. The Balaban J connectivity index is 1.70. The molecule has 23 heavy (non-hydrogen) atoms. The number of amides is 1. The van der Waals surface area contributed by atoms with Crippen molar-refractivity contribution in [1.29, 1.82) is 0 Å². The van der Waals surface area contributed by atoms with Crippen LogP contribution in [0.1, 0.15) is 34.7 Å². The van der Waals surface area contributed by atoms with Crippen LogP contribution in [0.15, 0.2) is 48.5 Å². The highest BCUT2D eigenvalue weighted by molar-refractivity contribution is 5.97. The largest absolute Gasteiger partial charge is 0.496 e. The lowest BCUT2D eigenvalue weighted by atomic mass is 9.89. The first-order valence-electron chi connectivity index (χ1n) is 7.87. The number of methoxy groups -OCH3 is 1. The maximum Gasteiger partial charge on any atom is 0.257 e. The third kappa shape index (κ3) is 3.36. The molecule has 0 saturated carbocycles. The molecule has 3 rings (SSSR count). The number of hydrogen-bond donors (Lipinski definition) is 0. The fourth-order valence-electron chi connectivity index (χ4n) is 3.16. The molecule has 1 saturated heterocycles. The Morgan fingerprint density at radius 1 is 1.13 bits per heavy atom. The molecule has 0 unspecified atom stereocenters. The average Bonchev–Trinajstić information content (AvgIpc) is 2.62. The van der Waals surface area contributed by atoms with Crippen LogP contribution in [0.25, 0.3) is 0 Å². The van der Waals surface area contributed by atoms with Crippen LogP contribution in [-0.2, 0) is 0 Å². The lowest BCUT2D eigenvalue weighted by Gasteiger charge is -2.32. The number of piperidine rings is 1. The summed E-state index contributed by atoms with van der Waals surface area (Å²) in [6, 6.07) is 14.4. The highest BCUT2D eigenvalue weighted by atomic mass is 19.1. The van der Waals surface area contributed by atoms with Crippen LogP contribution >= 0.6 is 0 Å². The zero-order valence-electron chi connectivity index (χ0n) is 13.2. The molecule has 0 aliphatic carbocycles. The van der Waals surface area contributed by atoms with Gasteiger partial charge in [-0.05, 0) is 42.5 Å². The number of ether oxygens (including phenoxy) is 1. The van der Waals surface area contributed by atoms with Gasteiger partial charge in [0.15, 0.2) is 0 Å². The molecule has 0 radical (unpaired) electrons. The van der Waals surface area contributed by atoms with Crippen molar-refractivity contribution in [1.82, 2.24) is 4.90 Å². The van der Waals surface area contributed by atoms with Crippen molar-refractivity contribution < 1.29 is 13.9 Å². The second-order valence-corrected chi connectivity index (χ2v) is 5.82. The van der Waals surface area contributed by atoms with Gasteiger partial charge in [-0.1, -0.05) is 30.3 Å².